The molecule has 1 heterocycles. The Hall–Kier alpha value is -1.91. The fraction of sp³-hybridized carbons (Fsp3) is 0.750. The highest BCUT2D eigenvalue weighted by molar-refractivity contribution is 5.72. The number of rotatable bonds is 7. The molecule has 1 fully saturated rings. The van der Waals surface area contributed by atoms with Crippen LogP contribution in [0.1, 0.15) is 112 Å². The summed E-state index contributed by atoms with van der Waals surface area (Å²) in [6.45, 7) is 22.2. The Morgan fingerprint density at radius 2 is 1.67 bits per heavy atom. The van der Waals surface area contributed by atoms with Crippen molar-refractivity contribution < 1.29 is 14.3 Å². The molecule has 2 rings (SSSR count). The molecule has 0 spiro atoms. The maximum Gasteiger partial charge on any atom is 0.303 e. The number of ether oxygens (including phenoxy) is 1. The summed E-state index contributed by atoms with van der Waals surface area (Å²) in [7, 11) is 0. The van der Waals surface area contributed by atoms with E-state index in [1.807, 2.05) is 47.0 Å². The summed E-state index contributed by atoms with van der Waals surface area (Å²) in [5.74, 6) is 0.641. The van der Waals surface area contributed by atoms with Crippen LogP contribution < -0.4 is 5.32 Å². The number of nitrogens with zero attached hydrogens (tertiary/aromatic N) is 1. The number of nitrogens with one attached hydrogen (secondary N) is 1. The molecule has 5 heteroatoms. The second-order valence-corrected chi connectivity index (χ2v) is 9.56. The Kier molecular flexibility index (Phi) is 17.7. The summed E-state index contributed by atoms with van der Waals surface area (Å²) in [4.78, 5) is 25.0. The zero-order valence-electron chi connectivity index (χ0n) is 23.4. The fourth-order valence-corrected chi connectivity index (χ4v) is 4.05. The molecule has 0 aliphatic heterocycles. The Labute approximate surface area is 204 Å². The predicted molar refractivity (Wildman–Crippen MR) is 140 cm³/mol. The monoisotopic (exact) mass is 464 g/mol. The molecule has 1 unspecified atom stereocenters. The average Bonchev–Trinajstić information content (AvgIpc) is 3.40. The first-order valence-electron chi connectivity index (χ1n) is 12.7. The van der Waals surface area contributed by atoms with Crippen molar-refractivity contribution in [2.75, 3.05) is 6.54 Å². The Balaban J connectivity index is 0. The van der Waals surface area contributed by atoms with Crippen molar-refractivity contribution in [3.05, 3.63) is 29.6 Å². The summed E-state index contributed by atoms with van der Waals surface area (Å²) < 4.78 is 4.80. The van der Waals surface area contributed by atoms with E-state index in [9.17, 15) is 9.59 Å². The molecule has 1 aliphatic carbocycles. The average molecular weight is 465 g/mol. The molecular formula is C28H52N2O3. The van der Waals surface area contributed by atoms with Crippen LogP contribution in [0.4, 0.5) is 0 Å². The smallest absolute Gasteiger partial charge is 0.303 e. The van der Waals surface area contributed by atoms with Crippen molar-refractivity contribution in [3.63, 3.8) is 0 Å². The van der Waals surface area contributed by atoms with Crippen molar-refractivity contribution >= 4 is 11.9 Å². The normalized spacial score (nSPS) is 15.3. The molecule has 33 heavy (non-hydrogen) atoms. The summed E-state index contributed by atoms with van der Waals surface area (Å²) in [6, 6.07) is 2.06. The first-order valence-corrected chi connectivity index (χ1v) is 12.7. The fourth-order valence-electron chi connectivity index (χ4n) is 4.05. The first kappa shape index (κ1) is 33.3. The second-order valence-electron chi connectivity index (χ2n) is 9.56. The third-order valence-electron chi connectivity index (χ3n) is 5.42. The maximum absolute atomic E-state index is 10.8. The molecule has 192 valence electrons. The molecular weight excluding hydrogens is 412 g/mol. The van der Waals surface area contributed by atoms with Crippen molar-refractivity contribution in [1.29, 1.82) is 0 Å². The number of pyridine rings is 1. The maximum atomic E-state index is 10.8. The van der Waals surface area contributed by atoms with Gasteiger partial charge in [0.05, 0.1) is 0 Å². The Morgan fingerprint density at radius 1 is 1.12 bits per heavy atom. The van der Waals surface area contributed by atoms with Crippen LogP contribution in [0.25, 0.3) is 0 Å². The zero-order valence-corrected chi connectivity index (χ0v) is 23.4. The number of carbonyl (C=O) groups excluding carboxylic acids is 2. The van der Waals surface area contributed by atoms with Crippen LogP contribution in [-0.4, -0.2) is 29.0 Å². The van der Waals surface area contributed by atoms with E-state index in [4.69, 9.17) is 4.74 Å². The Bertz CT molecular complexity index is 659. The minimum absolute atomic E-state index is 0.110. The lowest BCUT2D eigenvalue weighted by Crippen LogP contribution is -2.24. The van der Waals surface area contributed by atoms with Crippen molar-refractivity contribution in [2.45, 2.75) is 120 Å². The highest BCUT2D eigenvalue weighted by Crippen LogP contribution is 2.58. The molecule has 1 aromatic rings. The molecule has 1 saturated carbocycles. The largest absolute Gasteiger partial charge is 0.460 e. The lowest BCUT2D eigenvalue weighted by atomic mass is 9.92. The summed E-state index contributed by atoms with van der Waals surface area (Å²) >= 11 is 0. The van der Waals surface area contributed by atoms with Crippen LogP contribution >= 0.6 is 0 Å². The zero-order chi connectivity index (χ0) is 26.1. The molecule has 1 N–H and O–H groups in total. The minimum atomic E-state index is -0.328. The SMILES string of the molecule is CC.CC(=O)OC(C)(C)C.CCCC1(CCC)CC1CNC(C)=O.CCc1ccncc1C. The van der Waals surface area contributed by atoms with Gasteiger partial charge in [0, 0.05) is 32.8 Å². The van der Waals surface area contributed by atoms with Gasteiger partial charge in [-0.3, -0.25) is 14.6 Å². The molecule has 0 radical (unpaired) electrons. The van der Waals surface area contributed by atoms with E-state index in [0.29, 0.717) is 5.41 Å². The van der Waals surface area contributed by atoms with Crippen molar-refractivity contribution in [1.82, 2.24) is 10.3 Å². The number of esters is 1. The highest BCUT2D eigenvalue weighted by atomic mass is 16.6. The van der Waals surface area contributed by atoms with Gasteiger partial charge in [-0.1, -0.05) is 47.5 Å². The third kappa shape index (κ3) is 16.4. The van der Waals surface area contributed by atoms with Gasteiger partial charge in [0.2, 0.25) is 5.91 Å². The van der Waals surface area contributed by atoms with Gasteiger partial charge in [-0.25, -0.2) is 0 Å². The molecule has 5 nitrogen and oxygen atoms in total. The van der Waals surface area contributed by atoms with E-state index in [1.54, 1.807) is 6.92 Å². The van der Waals surface area contributed by atoms with Crippen molar-refractivity contribution in [3.8, 4) is 0 Å². The molecule has 0 saturated heterocycles. The minimum Gasteiger partial charge on any atom is -0.460 e. The van der Waals surface area contributed by atoms with E-state index < -0.39 is 0 Å². The number of carbonyl (C=O) groups is 2. The lowest BCUT2D eigenvalue weighted by Gasteiger charge is -2.17. The lowest BCUT2D eigenvalue weighted by molar-refractivity contribution is -0.151. The van der Waals surface area contributed by atoms with Crippen LogP contribution in [0, 0.1) is 18.3 Å². The molecule has 1 atom stereocenters. The van der Waals surface area contributed by atoms with E-state index in [0.717, 1.165) is 18.9 Å². The van der Waals surface area contributed by atoms with E-state index in [-0.39, 0.29) is 17.5 Å². The topological polar surface area (TPSA) is 68.3 Å². The standard InChI is InChI=1S/C12H23NO.C8H11N.C6H12O2.C2H6/c1-4-6-12(7-5-2)8-11(12)9-13-10(3)14;1-3-8-4-5-9-6-7(8)2;1-5(7)8-6(2,3)4;1-2/h11H,4-9H2,1-3H3,(H,13,14);4-6H,3H2,1-2H3;1-4H3;1-2H3. The van der Waals surface area contributed by atoms with Gasteiger partial charge in [0.25, 0.3) is 0 Å². The van der Waals surface area contributed by atoms with Crippen molar-refractivity contribution in [2.24, 2.45) is 11.3 Å². The number of hydrogen-bond donors (Lipinski definition) is 1. The molecule has 1 aromatic heterocycles. The number of amides is 1. The molecule has 0 aromatic carbocycles. The third-order valence-corrected chi connectivity index (χ3v) is 5.42. The van der Waals surface area contributed by atoms with Gasteiger partial charge in [-0.2, -0.15) is 0 Å². The van der Waals surface area contributed by atoms with E-state index in [2.05, 4.69) is 44.1 Å². The van der Waals surface area contributed by atoms with Crippen LogP contribution in [0.3, 0.4) is 0 Å². The van der Waals surface area contributed by atoms with Gasteiger partial charge in [-0.15, -0.1) is 0 Å². The van der Waals surface area contributed by atoms with Crippen LogP contribution in [0.15, 0.2) is 18.5 Å². The van der Waals surface area contributed by atoms with Crippen LogP contribution in [-0.2, 0) is 20.7 Å². The van der Waals surface area contributed by atoms with E-state index >= 15 is 0 Å². The van der Waals surface area contributed by atoms with Gasteiger partial charge >= 0.3 is 5.97 Å². The van der Waals surface area contributed by atoms with Crippen LogP contribution in [0.5, 0.6) is 0 Å². The first-order chi connectivity index (χ1) is 15.4. The van der Waals surface area contributed by atoms with Gasteiger partial charge in [0.15, 0.2) is 0 Å². The highest BCUT2D eigenvalue weighted by Gasteiger charge is 2.51. The number of hydrogen-bond acceptors (Lipinski definition) is 4. The van der Waals surface area contributed by atoms with E-state index in [1.165, 1.54) is 50.2 Å². The van der Waals surface area contributed by atoms with Crippen LogP contribution in [0.2, 0.25) is 0 Å². The quantitative estimate of drug-likeness (QED) is 0.439. The van der Waals surface area contributed by atoms with Gasteiger partial charge < -0.3 is 10.1 Å². The number of aromatic nitrogens is 1. The summed E-state index contributed by atoms with van der Waals surface area (Å²) in [5, 5.41) is 2.94. The Morgan fingerprint density at radius 3 is 1.97 bits per heavy atom. The predicted octanol–water partition coefficient (Wildman–Crippen LogP) is 7.06. The molecule has 0 bridgehead atoms. The van der Waals surface area contributed by atoms with Gasteiger partial charge in [-0.05, 0) is 81.9 Å². The van der Waals surface area contributed by atoms with Gasteiger partial charge in [0.1, 0.15) is 5.60 Å². The second kappa shape index (κ2) is 17.6. The summed E-state index contributed by atoms with van der Waals surface area (Å²) in [6.07, 6.45) is 11.4. The number of aryl methyl sites for hydroxylation is 2. The summed E-state index contributed by atoms with van der Waals surface area (Å²) in [5.41, 5.74) is 2.95. The molecule has 1 aliphatic rings. The molecule has 1 amide bonds.